The molecule has 0 N–H and O–H groups in total. The van der Waals surface area contributed by atoms with E-state index in [0.29, 0.717) is 45.7 Å². The van der Waals surface area contributed by atoms with Crippen molar-refractivity contribution >= 4 is 37.6 Å². The van der Waals surface area contributed by atoms with Crippen LogP contribution in [0.1, 0.15) is 28.0 Å². The van der Waals surface area contributed by atoms with Crippen molar-refractivity contribution in [2.45, 2.75) is 20.0 Å². The molecule has 12 heteroatoms. The standard InChI is InChI=1S/C29H24BrF3N2O5S/c1-17-4-6-27(23-12-19(30)5-7-28(23)40-16-24-25(32)13-20(31)14-26(24)33)35(17)22-11-18(29(36)39-2)10-21(15-22)34-8-3-9-41(34,37)38/h4-7,10-15H,3,8-9,16H2,1-2H3. The molecule has 41 heavy (non-hydrogen) atoms. The van der Waals surface area contributed by atoms with Crippen molar-refractivity contribution in [1.82, 2.24) is 4.57 Å². The van der Waals surface area contributed by atoms with Gasteiger partial charge in [-0.3, -0.25) is 4.31 Å². The first-order valence-electron chi connectivity index (χ1n) is 12.5. The minimum absolute atomic E-state index is 0.00652. The molecule has 0 unspecified atom stereocenters. The van der Waals surface area contributed by atoms with E-state index in [0.717, 1.165) is 5.69 Å². The third-order valence-corrected chi connectivity index (χ3v) is 9.10. The maximum atomic E-state index is 14.3. The van der Waals surface area contributed by atoms with Gasteiger partial charge >= 0.3 is 5.97 Å². The number of methoxy groups -OCH3 is 1. The van der Waals surface area contributed by atoms with E-state index in [1.807, 2.05) is 17.6 Å². The number of hydrogen-bond donors (Lipinski definition) is 0. The Morgan fingerprint density at radius 1 is 0.976 bits per heavy atom. The summed E-state index contributed by atoms with van der Waals surface area (Å²) >= 11 is 3.46. The van der Waals surface area contributed by atoms with E-state index in [2.05, 4.69) is 15.9 Å². The Bertz CT molecular complexity index is 1750. The van der Waals surface area contributed by atoms with Gasteiger partial charge in [0.2, 0.25) is 10.0 Å². The molecule has 1 aliphatic rings. The largest absolute Gasteiger partial charge is 0.488 e. The van der Waals surface area contributed by atoms with Crippen molar-refractivity contribution in [2.75, 3.05) is 23.7 Å². The Labute approximate surface area is 243 Å². The molecule has 1 saturated heterocycles. The molecular formula is C29H24BrF3N2O5S. The topological polar surface area (TPSA) is 77.8 Å². The highest BCUT2D eigenvalue weighted by atomic mass is 79.9. The van der Waals surface area contributed by atoms with Crippen LogP contribution in [0.5, 0.6) is 5.75 Å². The molecule has 0 spiro atoms. The number of carbonyl (C=O) groups is 1. The van der Waals surface area contributed by atoms with Gasteiger partial charge in [0.15, 0.2) is 0 Å². The van der Waals surface area contributed by atoms with Crippen LogP contribution in [0.15, 0.2) is 65.1 Å². The second kappa shape index (κ2) is 11.2. The van der Waals surface area contributed by atoms with Gasteiger partial charge in [0.1, 0.15) is 29.8 Å². The molecule has 4 aromatic rings. The number of carbonyl (C=O) groups excluding carboxylic acids is 1. The minimum Gasteiger partial charge on any atom is -0.488 e. The Morgan fingerprint density at radius 3 is 2.34 bits per heavy atom. The van der Waals surface area contributed by atoms with Crippen LogP contribution >= 0.6 is 15.9 Å². The molecule has 5 rings (SSSR count). The summed E-state index contributed by atoms with van der Waals surface area (Å²) in [4.78, 5) is 12.6. The van der Waals surface area contributed by atoms with Gasteiger partial charge in [-0.1, -0.05) is 15.9 Å². The Balaban J connectivity index is 1.62. The van der Waals surface area contributed by atoms with Gasteiger partial charge in [0.05, 0.1) is 35.4 Å². The molecule has 0 atom stereocenters. The fourth-order valence-electron chi connectivity index (χ4n) is 4.81. The summed E-state index contributed by atoms with van der Waals surface area (Å²) in [5.41, 5.74) is 2.43. The third kappa shape index (κ3) is 5.71. The molecule has 2 heterocycles. The maximum absolute atomic E-state index is 14.3. The molecule has 1 aromatic heterocycles. The molecule has 0 saturated carbocycles. The number of ether oxygens (including phenoxy) is 2. The van der Waals surface area contributed by atoms with Crippen LogP contribution in [0, 0.1) is 24.4 Å². The van der Waals surface area contributed by atoms with Crippen LogP contribution in [0.3, 0.4) is 0 Å². The number of halogens is 4. The normalized spacial score (nSPS) is 14.3. The third-order valence-electron chi connectivity index (χ3n) is 6.74. The van der Waals surface area contributed by atoms with Gasteiger partial charge in [-0.05, 0) is 61.9 Å². The molecule has 0 radical (unpaired) electrons. The highest BCUT2D eigenvalue weighted by molar-refractivity contribution is 9.10. The predicted molar refractivity (Wildman–Crippen MR) is 151 cm³/mol. The van der Waals surface area contributed by atoms with Crippen LogP contribution in [-0.4, -0.2) is 38.4 Å². The molecule has 214 valence electrons. The summed E-state index contributed by atoms with van der Waals surface area (Å²) in [5.74, 6) is -3.51. The van der Waals surface area contributed by atoms with E-state index in [1.165, 1.54) is 17.5 Å². The molecular weight excluding hydrogens is 625 g/mol. The predicted octanol–water partition coefficient (Wildman–Crippen LogP) is 6.54. The smallest absolute Gasteiger partial charge is 0.337 e. The monoisotopic (exact) mass is 648 g/mol. The summed E-state index contributed by atoms with van der Waals surface area (Å²) in [6.45, 7) is 1.62. The zero-order valence-corrected chi connectivity index (χ0v) is 24.4. The van der Waals surface area contributed by atoms with Crippen LogP contribution in [0.2, 0.25) is 0 Å². The maximum Gasteiger partial charge on any atom is 0.337 e. The van der Waals surface area contributed by atoms with Gasteiger partial charge in [0.25, 0.3) is 0 Å². The molecule has 0 bridgehead atoms. The first-order valence-corrected chi connectivity index (χ1v) is 14.9. The van der Waals surface area contributed by atoms with Crippen molar-refractivity contribution in [3.8, 4) is 22.7 Å². The lowest BCUT2D eigenvalue weighted by Crippen LogP contribution is -2.25. The first kappa shape index (κ1) is 28.7. The van der Waals surface area contributed by atoms with Crippen molar-refractivity contribution in [2.24, 2.45) is 0 Å². The van der Waals surface area contributed by atoms with Crippen molar-refractivity contribution in [1.29, 1.82) is 0 Å². The fourth-order valence-corrected chi connectivity index (χ4v) is 6.72. The Morgan fingerprint density at radius 2 is 1.68 bits per heavy atom. The summed E-state index contributed by atoms with van der Waals surface area (Å²) < 4.78 is 81.9. The summed E-state index contributed by atoms with van der Waals surface area (Å²) in [7, 11) is -2.30. The average molecular weight is 649 g/mol. The second-order valence-electron chi connectivity index (χ2n) is 9.44. The van der Waals surface area contributed by atoms with Crippen LogP contribution in [0.25, 0.3) is 16.9 Å². The number of anilines is 1. The van der Waals surface area contributed by atoms with E-state index < -0.39 is 45.6 Å². The Kier molecular flexibility index (Phi) is 7.89. The number of rotatable bonds is 7. The highest BCUT2D eigenvalue weighted by Crippen LogP contribution is 2.38. The molecule has 3 aromatic carbocycles. The molecule has 0 aliphatic carbocycles. The van der Waals surface area contributed by atoms with Crippen molar-refractivity contribution in [3.05, 3.63) is 99.4 Å². The fraction of sp³-hybridized carbons (Fsp3) is 0.207. The van der Waals surface area contributed by atoms with E-state index in [-0.39, 0.29) is 23.6 Å². The number of sulfonamides is 1. The average Bonchev–Trinajstić information content (AvgIpc) is 3.48. The van der Waals surface area contributed by atoms with Crippen molar-refractivity contribution in [3.63, 3.8) is 0 Å². The zero-order valence-electron chi connectivity index (χ0n) is 22.0. The number of aromatic nitrogens is 1. The quantitative estimate of drug-likeness (QED) is 0.213. The van der Waals surface area contributed by atoms with E-state index >= 15 is 0 Å². The van der Waals surface area contributed by atoms with Crippen LogP contribution in [0.4, 0.5) is 18.9 Å². The molecule has 7 nitrogen and oxygen atoms in total. The minimum atomic E-state index is -3.54. The summed E-state index contributed by atoms with van der Waals surface area (Å²) in [5, 5.41) is 0. The SMILES string of the molecule is COC(=O)c1cc(N2CCCS2(=O)=O)cc(-n2c(C)ccc2-c2cc(Br)ccc2OCc2c(F)cc(F)cc2F)c1. The summed E-state index contributed by atoms with van der Waals surface area (Å²) in [6.07, 6.45) is 0.460. The number of hydrogen-bond acceptors (Lipinski definition) is 5. The molecule has 0 amide bonds. The van der Waals surface area contributed by atoms with Gasteiger partial charge in [-0.15, -0.1) is 0 Å². The lowest BCUT2D eigenvalue weighted by molar-refractivity contribution is 0.0600. The molecule has 1 fully saturated rings. The number of aryl methyl sites for hydroxylation is 1. The lowest BCUT2D eigenvalue weighted by Gasteiger charge is -2.21. The lowest BCUT2D eigenvalue weighted by atomic mass is 10.1. The van der Waals surface area contributed by atoms with Gasteiger partial charge in [0, 0.05) is 40.1 Å². The number of nitrogens with zero attached hydrogens (tertiary/aromatic N) is 2. The highest BCUT2D eigenvalue weighted by Gasteiger charge is 2.30. The molecule has 1 aliphatic heterocycles. The first-order chi connectivity index (χ1) is 19.5. The summed E-state index contributed by atoms with van der Waals surface area (Å²) in [6, 6.07) is 14.6. The van der Waals surface area contributed by atoms with E-state index in [4.69, 9.17) is 9.47 Å². The number of benzene rings is 3. The van der Waals surface area contributed by atoms with E-state index in [1.54, 1.807) is 36.4 Å². The Hall–Kier alpha value is -3.77. The van der Waals surface area contributed by atoms with Gasteiger partial charge in [-0.2, -0.15) is 0 Å². The van der Waals surface area contributed by atoms with Gasteiger partial charge in [-0.25, -0.2) is 26.4 Å². The second-order valence-corrected chi connectivity index (χ2v) is 12.4. The number of esters is 1. The van der Waals surface area contributed by atoms with Crippen molar-refractivity contribution < 1.29 is 35.9 Å². The van der Waals surface area contributed by atoms with E-state index in [9.17, 15) is 26.4 Å². The van der Waals surface area contributed by atoms with Crippen LogP contribution in [-0.2, 0) is 21.4 Å². The van der Waals surface area contributed by atoms with Gasteiger partial charge < -0.3 is 14.0 Å². The van der Waals surface area contributed by atoms with Crippen LogP contribution < -0.4 is 9.04 Å². The zero-order chi connectivity index (χ0) is 29.5.